The Balaban J connectivity index is 1.40. The number of rotatable bonds is 9. The molecule has 2 heterocycles. The number of nitrogens with one attached hydrogen (secondary N) is 1. The molecule has 1 fully saturated rings. The molecule has 1 aliphatic heterocycles. The molecule has 2 aromatic rings. The molecule has 3 rings (SSSR count). The predicted molar refractivity (Wildman–Crippen MR) is 113 cm³/mol. The number of aliphatic imine (C=N–C) groups is 1. The molecule has 1 aromatic heterocycles. The molecule has 1 saturated heterocycles. The molecule has 6 heteroatoms. The fraction of sp³-hybridized carbons (Fsp3) is 0.545. The van der Waals surface area contributed by atoms with Gasteiger partial charge in [0.1, 0.15) is 0 Å². The van der Waals surface area contributed by atoms with Crippen LogP contribution >= 0.6 is 0 Å². The van der Waals surface area contributed by atoms with Crippen LogP contribution in [0.4, 0.5) is 0 Å². The SMILES string of the molecule is CCNC(=NCCCc1cnn(C)c1)N1CCC(COCc2ccccc2)C1. The van der Waals surface area contributed by atoms with E-state index in [-0.39, 0.29) is 0 Å². The molecular weight excluding hydrogens is 350 g/mol. The summed E-state index contributed by atoms with van der Waals surface area (Å²) in [5.74, 6) is 1.61. The summed E-state index contributed by atoms with van der Waals surface area (Å²) in [5, 5.41) is 7.67. The van der Waals surface area contributed by atoms with Gasteiger partial charge in [-0.1, -0.05) is 30.3 Å². The van der Waals surface area contributed by atoms with Gasteiger partial charge in [0.05, 0.1) is 19.4 Å². The van der Waals surface area contributed by atoms with E-state index in [0.717, 1.165) is 58.0 Å². The molecule has 0 spiro atoms. The smallest absolute Gasteiger partial charge is 0.193 e. The summed E-state index contributed by atoms with van der Waals surface area (Å²) in [4.78, 5) is 7.22. The molecule has 6 nitrogen and oxygen atoms in total. The maximum Gasteiger partial charge on any atom is 0.193 e. The number of guanidine groups is 1. The van der Waals surface area contributed by atoms with Crippen LogP contribution in [0.1, 0.15) is 30.9 Å². The van der Waals surface area contributed by atoms with Crippen molar-refractivity contribution >= 4 is 5.96 Å². The number of likely N-dealkylation sites (tertiary alicyclic amines) is 1. The molecule has 0 saturated carbocycles. The van der Waals surface area contributed by atoms with Crippen LogP contribution in [0.15, 0.2) is 47.7 Å². The highest BCUT2D eigenvalue weighted by Gasteiger charge is 2.24. The van der Waals surface area contributed by atoms with Crippen molar-refractivity contribution in [3.05, 3.63) is 53.9 Å². The van der Waals surface area contributed by atoms with Crippen molar-refractivity contribution in [3.8, 4) is 0 Å². The van der Waals surface area contributed by atoms with Crippen LogP contribution in [0.3, 0.4) is 0 Å². The maximum atomic E-state index is 5.95. The van der Waals surface area contributed by atoms with Gasteiger partial charge in [-0.15, -0.1) is 0 Å². The zero-order valence-electron chi connectivity index (χ0n) is 17.2. The van der Waals surface area contributed by atoms with Crippen molar-refractivity contribution in [1.82, 2.24) is 20.0 Å². The monoisotopic (exact) mass is 383 g/mol. The van der Waals surface area contributed by atoms with Crippen LogP contribution in [0.25, 0.3) is 0 Å². The normalized spacial score (nSPS) is 17.3. The van der Waals surface area contributed by atoms with E-state index in [0.29, 0.717) is 12.5 Å². The molecule has 0 aliphatic carbocycles. The van der Waals surface area contributed by atoms with E-state index in [1.165, 1.54) is 11.1 Å². The summed E-state index contributed by atoms with van der Waals surface area (Å²) >= 11 is 0. The van der Waals surface area contributed by atoms with Gasteiger partial charge in [0.25, 0.3) is 0 Å². The average Bonchev–Trinajstić information content (AvgIpc) is 3.34. The van der Waals surface area contributed by atoms with Crippen LogP contribution in [0, 0.1) is 5.92 Å². The lowest BCUT2D eigenvalue weighted by Crippen LogP contribution is -2.40. The molecule has 1 aromatic carbocycles. The standard InChI is InChI=1S/C22H33N5O/c1-3-23-22(24-12-7-10-20-14-25-26(2)15-20)27-13-11-21(16-27)18-28-17-19-8-5-4-6-9-19/h4-6,8-9,14-15,21H,3,7,10-13,16-18H2,1-2H3,(H,23,24). The Kier molecular flexibility index (Phi) is 7.91. The van der Waals surface area contributed by atoms with Crippen molar-refractivity contribution < 1.29 is 4.74 Å². The quantitative estimate of drug-likeness (QED) is 0.411. The third-order valence-electron chi connectivity index (χ3n) is 5.03. The van der Waals surface area contributed by atoms with E-state index in [2.05, 4.69) is 52.7 Å². The third-order valence-corrected chi connectivity index (χ3v) is 5.03. The van der Waals surface area contributed by atoms with Crippen molar-refractivity contribution in [2.75, 3.05) is 32.8 Å². The third kappa shape index (κ3) is 6.37. The van der Waals surface area contributed by atoms with Gasteiger partial charge >= 0.3 is 0 Å². The largest absolute Gasteiger partial charge is 0.376 e. The van der Waals surface area contributed by atoms with Gasteiger partial charge in [0.2, 0.25) is 0 Å². The summed E-state index contributed by atoms with van der Waals surface area (Å²) in [5.41, 5.74) is 2.51. The number of aromatic nitrogens is 2. The number of aryl methyl sites for hydroxylation is 2. The molecule has 0 bridgehead atoms. The van der Waals surface area contributed by atoms with Gasteiger partial charge in [-0.25, -0.2) is 0 Å². The second-order valence-electron chi connectivity index (χ2n) is 7.46. The molecular formula is C22H33N5O. The second-order valence-corrected chi connectivity index (χ2v) is 7.46. The average molecular weight is 384 g/mol. The lowest BCUT2D eigenvalue weighted by Gasteiger charge is -2.21. The lowest BCUT2D eigenvalue weighted by molar-refractivity contribution is 0.0907. The number of benzene rings is 1. The van der Waals surface area contributed by atoms with E-state index in [4.69, 9.17) is 9.73 Å². The van der Waals surface area contributed by atoms with Gasteiger partial charge in [-0.3, -0.25) is 9.67 Å². The minimum Gasteiger partial charge on any atom is -0.376 e. The van der Waals surface area contributed by atoms with Crippen LogP contribution in [-0.2, 0) is 24.8 Å². The summed E-state index contributed by atoms with van der Waals surface area (Å²) in [6.45, 7) is 7.43. The van der Waals surface area contributed by atoms with Gasteiger partial charge < -0.3 is 15.0 Å². The van der Waals surface area contributed by atoms with Crippen LogP contribution in [-0.4, -0.2) is 53.4 Å². The van der Waals surface area contributed by atoms with Crippen LogP contribution < -0.4 is 5.32 Å². The Morgan fingerprint density at radius 2 is 2.14 bits per heavy atom. The molecule has 1 atom stereocenters. The van der Waals surface area contributed by atoms with Crippen LogP contribution in [0.5, 0.6) is 0 Å². The first kappa shape index (κ1) is 20.4. The Hall–Kier alpha value is -2.34. The van der Waals surface area contributed by atoms with Crippen molar-refractivity contribution in [3.63, 3.8) is 0 Å². The van der Waals surface area contributed by atoms with Crippen molar-refractivity contribution in [1.29, 1.82) is 0 Å². The topological polar surface area (TPSA) is 54.7 Å². The molecule has 0 amide bonds. The predicted octanol–water partition coefficient (Wildman–Crippen LogP) is 2.86. The first-order valence-corrected chi connectivity index (χ1v) is 10.4. The highest BCUT2D eigenvalue weighted by molar-refractivity contribution is 5.80. The second kappa shape index (κ2) is 10.9. The van der Waals surface area contributed by atoms with E-state index < -0.39 is 0 Å². The summed E-state index contributed by atoms with van der Waals surface area (Å²) in [7, 11) is 1.96. The Morgan fingerprint density at radius 3 is 2.89 bits per heavy atom. The van der Waals surface area contributed by atoms with Gasteiger partial charge in [-0.05, 0) is 37.3 Å². The molecule has 1 aliphatic rings. The minimum absolute atomic E-state index is 0.572. The summed E-state index contributed by atoms with van der Waals surface area (Å²) < 4.78 is 7.80. The van der Waals surface area contributed by atoms with Gasteiger partial charge in [0, 0.05) is 45.3 Å². The zero-order valence-corrected chi connectivity index (χ0v) is 17.2. The Bertz CT molecular complexity index is 728. The number of nitrogens with zero attached hydrogens (tertiary/aromatic N) is 4. The van der Waals surface area contributed by atoms with E-state index in [1.807, 2.05) is 24.0 Å². The summed E-state index contributed by atoms with van der Waals surface area (Å²) in [6, 6.07) is 10.4. The highest BCUT2D eigenvalue weighted by atomic mass is 16.5. The fourth-order valence-electron chi connectivity index (χ4n) is 3.57. The first-order valence-electron chi connectivity index (χ1n) is 10.4. The number of ether oxygens (including phenoxy) is 1. The van der Waals surface area contributed by atoms with E-state index >= 15 is 0 Å². The Labute approximate surface area is 168 Å². The highest BCUT2D eigenvalue weighted by Crippen LogP contribution is 2.17. The first-order chi connectivity index (χ1) is 13.7. The lowest BCUT2D eigenvalue weighted by atomic mass is 10.1. The fourth-order valence-corrected chi connectivity index (χ4v) is 3.57. The Morgan fingerprint density at radius 1 is 1.29 bits per heavy atom. The van der Waals surface area contributed by atoms with E-state index in [1.54, 1.807) is 0 Å². The number of hydrogen-bond donors (Lipinski definition) is 1. The molecule has 28 heavy (non-hydrogen) atoms. The minimum atomic E-state index is 0.572. The van der Waals surface area contributed by atoms with Gasteiger partial charge in [-0.2, -0.15) is 5.10 Å². The van der Waals surface area contributed by atoms with Gasteiger partial charge in [0.15, 0.2) is 5.96 Å². The molecule has 0 radical (unpaired) electrons. The van der Waals surface area contributed by atoms with E-state index in [9.17, 15) is 0 Å². The molecule has 152 valence electrons. The van der Waals surface area contributed by atoms with Crippen molar-refractivity contribution in [2.45, 2.75) is 32.8 Å². The molecule has 1 N–H and O–H groups in total. The van der Waals surface area contributed by atoms with Crippen LogP contribution in [0.2, 0.25) is 0 Å². The zero-order chi connectivity index (χ0) is 19.6. The maximum absolute atomic E-state index is 5.95. The van der Waals surface area contributed by atoms with Crippen molar-refractivity contribution in [2.24, 2.45) is 18.0 Å². The molecule has 1 unspecified atom stereocenters. The number of hydrogen-bond acceptors (Lipinski definition) is 3. The summed E-state index contributed by atoms with van der Waals surface area (Å²) in [6.07, 6.45) is 7.24.